The fourth-order valence-electron chi connectivity index (χ4n) is 1.58. The van der Waals surface area contributed by atoms with Crippen LogP contribution in [0.4, 0.5) is 0 Å². The third-order valence-corrected chi connectivity index (χ3v) is 3.39. The molecule has 2 rings (SSSR count). The second kappa shape index (κ2) is 6.37. The quantitative estimate of drug-likeness (QED) is 0.801. The van der Waals surface area contributed by atoms with Crippen LogP contribution in [-0.4, -0.2) is 16.5 Å². The smallest absolute Gasteiger partial charge is 0.251 e. The minimum atomic E-state index is -0.114. The summed E-state index contributed by atoms with van der Waals surface area (Å²) in [5, 5.41) is 0. The van der Waals surface area contributed by atoms with Gasteiger partial charge in [-0.1, -0.05) is 18.2 Å². The third-order valence-electron chi connectivity index (χ3n) is 2.36. The molecular weight excluding hydrogens is 246 g/mol. The number of nitrogens with two attached hydrogens (primary N) is 1. The summed E-state index contributed by atoms with van der Waals surface area (Å²) < 4.78 is 0. The molecule has 94 valence electrons. The highest BCUT2D eigenvalue weighted by Crippen LogP contribution is 2.20. The van der Waals surface area contributed by atoms with Crippen LogP contribution >= 0.6 is 11.8 Å². The van der Waals surface area contributed by atoms with Crippen LogP contribution < -0.4 is 11.3 Å². The molecule has 0 fully saturated rings. The van der Waals surface area contributed by atoms with E-state index in [1.165, 1.54) is 6.07 Å². The fourth-order valence-corrected chi connectivity index (χ4v) is 2.37. The molecule has 0 spiro atoms. The minimum Gasteiger partial charge on any atom is -0.330 e. The van der Waals surface area contributed by atoms with Crippen LogP contribution in [0.25, 0.3) is 0 Å². The third kappa shape index (κ3) is 3.72. The number of nitrogens with zero attached hydrogens (tertiary/aromatic N) is 1. The van der Waals surface area contributed by atoms with E-state index in [-0.39, 0.29) is 5.56 Å². The summed E-state index contributed by atoms with van der Waals surface area (Å²) in [6, 6.07) is 11.5. The molecule has 5 heteroatoms. The highest BCUT2D eigenvalue weighted by molar-refractivity contribution is 7.98. The van der Waals surface area contributed by atoms with Crippen molar-refractivity contribution >= 4 is 11.8 Å². The molecule has 0 saturated carbocycles. The summed E-state index contributed by atoms with van der Waals surface area (Å²) in [5.74, 6) is 1.34. The summed E-state index contributed by atoms with van der Waals surface area (Å²) in [5.41, 5.74) is 6.11. The monoisotopic (exact) mass is 261 g/mol. The minimum absolute atomic E-state index is 0.114. The van der Waals surface area contributed by atoms with E-state index in [1.807, 2.05) is 30.3 Å². The van der Waals surface area contributed by atoms with Crippen molar-refractivity contribution in [1.82, 2.24) is 9.97 Å². The molecule has 0 aliphatic heterocycles. The zero-order valence-corrected chi connectivity index (χ0v) is 10.7. The largest absolute Gasteiger partial charge is 0.330 e. The first-order valence-corrected chi connectivity index (χ1v) is 6.73. The molecule has 0 bridgehead atoms. The van der Waals surface area contributed by atoms with Gasteiger partial charge in [-0.25, -0.2) is 4.98 Å². The van der Waals surface area contributed by atoms with E-state index in [0.29, 0.717) is 24.5 Å². The van der Waals surface area contributed by atoms with Gasteiger partial charge < -0.3 is 10.7 Å². The lowest BCUT2D eigenvalue weighted by atomic mass is 10.3. The molecule has 1 heterocycles. The van der Waals surface area contributed by atoms with Crippen molar-refractivity contribution in [1.29, 1.82) is 0 Å². The fraction of sp³-hybridized carbons (Fsp3) is 0.231. The molecule has 0 aliphatic carbocycles. The molecule has 3 N–H and O–H groups in total. The van der Waals surface area contributed by atoms with E-state index in [4.69, 9.17) is 5.73 Å². The molecule has 0 atom stereocenters. The van der Waals surface area contributed by atoms with Gasteiger partial charge in [-0.3, -0.25) is 4.79 Å². The lowest BCUT2D eigenvalue weighted by Gasteiger charge is -2.03. The van der Waals surface area contributed by atoms with E-state index in [9.17, 15) is 4.79 Å². The number of nitrogens with one attached hydrogen (secondary N) is 1. The van der Waals surface area contributed by atoms with Crippen LogP contribution in [0.3, 0.4) is 0 Å². The van der Waals surface area contributed by atoms with Gasteiger partial charge in [0.2, 0.25) is 0 Å². The maximum absolute atomic E-state index is 11.5. The molecular formula is C13H15N3OS. The SMILES string of the molecule is NCCc1cc(=O)[nH]c(CSc2ccccc2)n1. The normalized spacial score (nSPS) is 10.5. The van der Waals surface area contributed by atoms with E-state index in [2.05, 4.69) is 9.97 Å². The lowest BCUT2D eigenvalue weighted by molar-refractivity contribution is 0.872. The predicted molar refractivity (Wildman–Crippen MR) is 73.6 cm³/mol. The molecule has 2 aromatic rings. The van der Waals surface area contributed by atoms with Crippen LogP contribution in [0.15, 0.2) is 46.1 Å². The average molecular weight is 261 g/mol. The van der Waals surface area contributed by atoms with Crippen molar-refractivity contribution < 1.29 is 0 Å². The van der Waals surface area contributed by atoms with Gasteiger partial charge in [0.25, 0.3) is 5.56 Å². The first-order valence-electron chi connectivity index (χ1n) is 5.75. The molecule has 0 saturated heterocycles. The number of hydrogen-bond acceptors (Lipinski definition) is 4. The Morgan fingerprint density at radius 1 is 1.28 bits per heavy atom. The number of thioether (sulfide) groups is 1. The van der Waals surface area contributed by atoms with Gasteiger partial charge in [-0.2, -0.15) is 0 Å². The van der Waals surface area contributed by atoms with Gasteiger partial charge in [0.1, 0.15) is 5.82 Å². The molecule has 4 nitrogen and oxygen atoms in total. The molecule has 0 radical (unpaired) electrons. The van der Waals surface area contributed by atoms with E-state index in [1.54, 1.807) is 11.8 Å². The van der Waals surface area contributed by atoms with Gasteiger partial charge in [0, 0.05) is 23.1 Å². The zero-order valence-electron chi connectivity index (χ0n) is 9.93. The maximum Gasteiger partial charge on any atom is 0.251 e. The second-order valence-corrected chi connectivity index (χ2v) is 4.87. The Balaban J connectivity index is 2.07. The Bertz CT molecular complexity index is 554. The Morgan fingerprint density at radius 2 is 2.06 bits per heavy atom. The molecule has 18 heavy (non-hydrogen) atoms. The van der Waals surface area contributed by atoms with E-state index in [0.717, 1.165) is 10.6 Å². The van der Waals surface area contributed by atoms with Crippen LogP contribution in [0.2, 0.25) is 0 Å². The molecule has 1 aromatic carbocycles. The predicted octanol–water partition coefficient (Wildman–Crippen LogP) is 1.56. The number of benzene rings is 1. The van der Waals surface area contributed by atoms with Gasteiger partial charge in [0.05, 0.1) is 5.75 Å². The van der Waals surface area contributed by atoms with E-state index < -0.39 is 0 Å². The summed E-state index contributed by atoms with van der Waals surface area (Å²) in [6.45, 7) is 0.502. The van der Waals surface area contributed by atoms with Crippen molar-refractivity contribution in [3.63, 3.8) is 0 Å². The van der Waals surface area contributed by atoms with Gasteiger partial charge in [-0.15, -0.1) is 11.8 Å². The Hall–Kier alpha value is -1.59. The number of aromatic amines is 1. The summed E-state index contributed by atoms with van der Waals surface area (Å²) >= 11 is 1.65. The van der Waals surface area contributed by atoms with Gasteiger partial charge in [-0.05, 0) is 18.7 Å². The van der Waals surface area contributed by atoms with Gasteiger partial charge >= 0.3 is 0 Å². The van der Waals surface area contributed by atoms with Crippen LogP contribution in [0.5, 0.6) is 0 Å². The summed E-state index contributed by atoms with van der Waals surface area (Å²) in [4.78, 5) is 19.7. The van der Waals surface area contributed by atoms with E-state index >= 15 is 0 Å². The first kappa shape index (κ1) is 12.9. The van der Waals surface area contributed by atoms with Crippen molar-refractivity contribution in [2.75, 3.05) is 6.54 Å². The topological polar surface area (TPSA) is 71.8 Å². The Labute approximate surface area is 110 Å². The van der Waals surface area contributed by atoms with Crippen molar-refractivity contribution in [2.24, 2.45) is 5.73 Å². The number of aromatic nitrogens is 2. The standard InChI is InChI=1S/C13H15N3OS/c14-7-6-10-8-13(17)16-12(15-10)9-18-11-4-2-1-3-5-11/h1-5,8H,6-7,9,14H2,(H,15,16,17). The zero-order chi connectivity index (χ0) is 12.8. The molecule has 1 aromatic heterocycles. The average Bonchev–Trinajstić information content (AvgIpc) is 2.37. The van der Waals surface area contributed by atoms with Crippen LogP contribution in [0, 0.1) is 0 Å². The molecule has 0 amide bonds. The maximum atomic E-state index is 11.5. The van der Waals surface area contributed by atoms with Crippen molar-refractivity contribution in [3.05, 3.63) is 58.3 Å². The Kier molecular flexibility index (Phi) is 4.55. The highest BCUT2D eigenvalue weighted by atomic mass is 32.2. The lowest BCUT2D eigenvalue weighted by Crippen LogP contribution is -2.14. The van der Waals surface area contributed by atoms with Crippen molar-refractivity contribution in [2.45, 2.75) is 17.1 Å². The first-order chi connectivity index (χ1) is 8.78. The number of hydrogen-bond donors (Lipinski definition) is 2. The number of H-pyrrole nitrogens is 1. The molecule has 0 unspecified atom stereocenters. The highest BCUT2D eigenvalue weighted by Gasteiger charge is 2.02. The second-order valence-electron chi connectivity index (χ2n) is 3.82. The van der Waals surface area contributed by atoms with Gasteiger partial charge in [0.15, 0.2) is 0 Å². The number of rotatable bonds is 5. The van der Waals surface area contributed by atoms with Crippen LogP contribution in [-0.2, 0) is 12.2 Å². The van der Waals surface area contributed by atoms with Crippen molar-refractivity contribution in [3.8, 4) is 0 Å². The molecule has 0 aliphatic rings. The summed E-state index contributed by atoms with van der Waals surface area (Å²) in [7, 11) is 0. The van der Waals surface area contributed by atoms with Crippen LogP contribution in [0.1, 0.15) is 11.5 Å². The summed E-state index contributed by atoms with van der Waals surface area (Å²) in [6.07, 6.45) is 0.632. The Morgan fingerprint density at radius 3 is 2.78 bits per heavy atom.